The van der Waals surface area contributed by atoms with E-state index >= 15 is 0 Å². The predicted octanol–water partition coefficient (Wildman–Crippen LogP) is 5.27. The summed E-state index contributed by atoms with van der Waals surface area (Å²) in [6.45, 7) is 1.59. The van der Waals surface area contributed by atoms with E-state index in [1.54, 1.807) is 6.92 Å². The van der Waals surface area contributed by atoms with Crippen LogP contribution in [-0.2, 0) is 0 Å². The zero-order valence-corrected chi connectivity index (χ0v) is 17.4. The maximum atomic E-state index is 14.5. The largest absolute Gasteiger partial charge is 0.505 e. The fourth-order valence-electron chi connectivity index (χ4n) is 5.55. The Morgan fingerprint density at radius 1 is 1.15 bits per heavy atom. The summed E-state index contributed by atoms with van der Waals surface area (Å²) in [4.78, 5) is 8.18. The van der Waals surface area contributed by atoms with E-state index in [-0.39, 0.29) is 40.6 Å². The lowest BCUT2D eigenvalue weighted by Crippen LogP contribution is -2.60. The van der Waals surface area contributed by atoms with Crippen molar-refractivity contribution in [3.8, 4) is 5.75 Å². The van der Waals surface area contributed by atoms with Gasteiger partial charge < -0.3 is 15.5 Å². The molecule has 2 aromatic carbocycles. The van der Waals surface area contributed by atoms with Gasteiger partial charge in [0.05, 0.1) is 11.6 Å². The van der Waals surface area contributed by atoms with Gasteiger partial charge in [-0.2, -0.15) is 13.2 Å². The molecule has 1 fully saturated rings. The van der Waals surface area contributed by atoms with Crippen molar-refractivity contribution < 1.29 is 32.2 Å². The molecule has 1 saturated carbocycles. The molecule has 2 aliphatic rings. The van der Waals surface area contributed by atoms with Crippen LogP contribution in [0.3, 0.4) is 0 Å². The van der Waals surface area contributed by atoms with Crippen molar-refractivity contribution >= 4 is 16.6 Å². The van der Waals surface area contributed by atoms with Crippen LogP contribution in [0.2, 0.25) is 0 Å². The van der Waals surface area contributed by atoms with Crippen LogP contribution in [0.4, 0.5) is 27.6 Å². The van der Waals surface area contributed by atoms with Gasteiger partial charge in [-0.1, -0.05) is 12.5 Å². The fourth-order valence-corrected chi connectivity index (χ4v) is 5.55. The summed E-state index contributed by atoms with van der Waals surface area (Å²) >= 11 is 0. The molecule has 1 heterocycles. The summed E-state index contributed by atoms with van der Waals surface area (Å²) in [6, 6.07) is 2.31. The number of nitrogens with one attached hydrogen (secondary N) is 1. The van der Waals surface area contributed by atoms with Gasteiger partial charge in [-0.3, -0.25) is 0 Å². The molecule has 1 aromatic heterocycles. The molecule has 0 aliphatic heterocycles. The first kappa shape index (κ1) is 21.8. The van der Waals surface area contributed by atoms with Crippen molar-refractivity contribution in [2.24, 2.45) is 5.92 Å². The van der Waals surface area contributed by atoms with Crippen molar-refractivity contribution in [3.05, 3.63) is 59.0 Å². The number of fused-ring (bicyclic) bond motifs is 4. The van der Waals surface area contributed by atoms with Crippen LogP contribution in [0.25, 0.3) is 10.9 Å². The fraction of sp³-hybridized carbons (Fsp3) is 0.391. The molecule has 174 valence electrons. The number of hydrogen-bond donors (Lipinski definition) is 3. The van der Waals surface area contributed by atoms with Crippen LogP contribution < -0.4 is 5.32 Å². The lowest BCUT2D eigenvalue weighted by Gasteiger charge is -2.49. The van der Waals surface area contributed by atoms with E-state index in [9.17, 15) is 32.2 Å². The molecule has 4 atom stereocenters. The minimum absolute atomic E-state index is 0.0421. The Balaban J connectivity index is 1.76. The summed E-state index contributed by atoms with van der Waals surface area (Å²) in [5.41, 5.74) is -3.14. The summed E-state index contributed by atoms with van der Waals surface area (Å²) in [5, 5.41) is 24.7. The molecule has 0 amide bonds. The number of aliphatic hydroxyl groups is 1. The number of nitrogens with zero attached hydrogens (tertiary/aromatic N) is 2. The lowest BCUT2D eigenvalue weighted by atomic mass is 9.64. The minimum atomic E-state index is -5.06. The number of phenolic OH excluding ortho intramolecular Hbond substituents is 1. The van der Waals surface area contributed by atoms with Gasteiger partial charge in [-0.05, 0) is 43.4 Å². The van der Waals surface area contributed by atoms with E-state index < -0.39 is 47.0 Å². The number of aromatic nitrogens is 2. The Hall–Kier alpha value is -3.01. The predicted molar refractivity (Wildman–Crippen MR) is 110 cm³/mol. The number of rotatable bonds is 2. The smallest absolute Gasteiger partial charge is 0.419 e. The van der Waals surface area contributed by atoms with Crippen molar-refractivity contribution in [2.75, 3.05) is 5.32 Å². The van der Waals surface area contributed by atoms with Gasteiger partial charge in [0, 0.05) is 34.8 Å². The van der Waals surface area contributed by atoms with Gasteiger partial charge in [0.2, 0.25) is 0 Å². The number of phenols is 1. The molecule has 5 nitrogen and oxygen atoms in total. The van der Waals surface area contributed by atoms with Gasteiger partial charge in [-0.25, -0.2) is 18.7 Å². The number of anilines is 1. The Bertz CT molecular complexity index is 1260. The zero-order valence-electron chi connectivity index (χ0n) is 17.4. The molecule has 5 rings (SSSR count). The van der Waals surface area contributed by atoms with E-state index in [1.807, 2.05) is 0 Å². The topological polar surface area (TPSA) is 78.3 Å². The molecule has 0 bridgehead atoms. The molecule has 0 unspecified atom stereocenters. The third-order valence-electron chi connectivity index (χ3n) is 6.94. The number of aryl methyl sites for hydroxylation is 1. The Morgan fingerprint density at radius 2 is 1.91 bits per heavy atom. The van der Waals surface area contributed by atoms with Crippen LogP contribution in [0.5, 0.6) is 5.75 Å². The average Bonchev–Trinajstić information content (AvgIpc) is 3.22. The maximum Gasteiger partial charge on any atom is 0.419 e. The summed E-state index contributed by atoms with van der Waals surface area (Å²) in [5.74, 6) is -4.23. The molecule has 0 saturated heterocycles. The average molecular weight is 465 g/mol. The van der Waals surface area contributed by atoms with E-state index in [4.69, 9.17) is 0 Å². The minimum Gasteiger partial charge on any atom is -0.505 e. The summed E-state index contributed by atoms with van der Waals surface area (Å²) in [7, 11) is 0. The molecule has 0 spiro atoms. The maximum absolute atomic E-state index is 14.5. The molecule has 3 N–H and O–H groups in total. The first-order valence-electron chi connectivity index (χ1n) is 10.5. The van der Waals surface area contributed by atoms with Gasteiger partial charge in [0.25, 0.3) is 0 Å². The molecule has 0 radical (unpaired) electrons. The van der Waals surface area contributed by atoms with Crippen LogP contribution in [0.15, 0.2) is 30.5 Å². The van der Waals surface area contributed by atoms with Crippen molar-refractivity contribution in [3.63, 3.8) is 0 Å². The Kier molecular flexibility index (Phi) is 4.79. The third kappa shape index (κ3) is 3.14. The first-order chi connectivity index (χ1) is 15.5. The van der Waals surface area contributed by atoms with E-state index in [0.717, 1.165) is 24.3 Å². The van der Waals surface area contributed by atoms with Gasteiger partial charge in [-0.15, -0.1) is 0 Å². The van der Waals surface area contributed by atoms with Crippen molar-refractivity contribution in [1.82, 2.24) is 9.97 Å². The van der Waals surface area contributed by atoms with Crippen molar-refractivity contribution in [1.29, 1.82) is 0 Å². The second-order valence-corrected chi connectivity index (χ2v) is 8.75. The first-order valence-corrected chi connectivity index (χ1v) is 10.5. The molecule has 10 heteroatoms. The number of hydrogen-bond acceptors (Lipinski definition) is 5. The van der Waals surface area contributed by atoms with Gasteiger partial charge in [0.1, 0.15) is 11.6 Å². The molecular weight excluding hydrogens is 445 g/mol. The standard InChI is InChI=1S/C23H20F5N3O2/c1-10-29-9-14-17(30-10)7-11(24)8-18(14)31-21-13-5-6-16(25)20(32)19(13)12-3-2-4-15(12)22(21,33)23(26,27)28/h5-9,12,15,21,31-33H,2-4H2,1H3/t12-,15+,21+,22-/m0/s1. The summed E-state index contributed by atoms with van der Waals surface area (Å²) < 4.78 is 72.1. The van der Waals surface area contributed by atoms with E-state index in [1.165, 1.54) is 6.20 Å². The molecule has 2 aliphatic carbocycles. The number of benzene rings is 2. The molecule has 3 aromatic rings. The number of aromatic hydroxyl groups is 1. The van der Waals surface area contributed by atoms with E-state index in [0.29, 0.717) is 12.2 Å². The van der Waals surface area contributed by atoms with Crippen LogP contribution in [0.1, 0.15) is 48.2 Å². The highest BCUT2D eigenvalue weighted by molar-refractivity contribution is 5.91. The monoisotopic (exact) mass is 465 g/mol. The number of alkyl halides is 3. The lowest BCUT2D eigenvalue weighted by molar-refractivity contribution is -0.290. The quantitative estimate of drug-likeness (QED) is 0.450. The van der Waals surface area contributed by atoms with E-state index in [2.05, 4.69) is 15.3 Å². The zero-order chi connectivity index (χ0) is 23.7. The Labute approximate surface area is 185 Å². The highest BCUT2D eigenvalue weighted by atomic mass is 19.4. The SMILES string of the molecule is Cc1ncc2c(N[C@@H]3c4ccc(F)c(O)c4[C@H]4CCC[C@H]4[C@@]3(O)C(F)(F)F)cc(F)cc2n1. The van der Waals surface area contributed by atoms with Crippen LogP contribution >= 0.6 is 0 Å². The second-order valence-electron chi connectivity index (χ2n) is 8.75. The highest BCUT2D eigenvalue weighted by Gasteiger charge is 2.68. The highest BCUT2D eigenvalue weighted by Crippen LogP contribution is 2.62. The number of halogens is 5. The third-order valence-corrected chi connectivity index (χ3v) is 6.94. The van der Waals surface area contributed by atoms with Gasteiger partial charge in [0.15, 0.2) is 17.2 Å². The van der Waals surface area contributed by atoms with Crippen molar-refractivity contribution in [2.45, 2.75) is 49.9 Å². The molecular formula is C23H20F5N3O2. The second kappa shape index (κ2) is 7.24. The Morgan fingerprint density at radius 3 is 2.64 bits per heavy atom. The van der Waals surface area contributed by atoms with Crippen LogP contribution in [0, 0.1) is 24.5 Å². The summed E-state index contributed by atoms with van der Waals surface area (Å²) in [6.07, 6.45) is -3.01. The molecule has 33 heavy (non-hydrogen) atoms. The van der Waals surface area contributed by atoms with Crippen LogP contribution in [-0.4, -0.2) is 32.0 Å². The van der Waals surface area contributed by atoms with Gasteiger partial charge >= 0.3 is 6.18 Å². The normalized spacial score (nSPS) is 26.8.